The normalized spacial score (nSPS) is 10.8. The van der Waals surface area contributed by atoms with Crippen molar-refractivity contribution < 1.29 is 47.4 Å². The molecule has 10 heteroatoms. The zero-order valence-corrected chi connectivity index (χ0v) is 18.2. The Kier molecular flexibility index (Phi) is 24.7. The number of hydrogen-bond acceptors (Lipinski definition) is 10. The Morgan fingerprint density at radius 2 is 0.867 bits per heavy atom. The lowest BCUT2D eigenvalue weighted by Gasteiger charge is -2.08. The molecule has 0 saturated heterocycles. The van der Waals surface area contributed by atoms with Crippen molar-refractivity contribution >= 4 is 5.97 Å². The van der Waals surface area contributed by atoms with Gasteiger partial charge in [-0.2, -0.15) is 0 Å². The molecule has 0 bridgehead atoms. The van der Waals surface area contributed by atoms with Gasteiger partial charge in [-0.15, -0.1) is 0 Å². The SMILES string of the molecule is C=COCCOCCOCCOCCOCCOCCOCCOCCC(=O)OC. The van der Waals surface area contributed by atoms with Crippen LogP contribution in [0.4, 0.5) is 0 Å². The smallest absolute Gasteiger partial charge is 0.307 e. The van der Waals surface area contributed by atoms with Gasteiger partial charge < -0.3 is 42.6 Å². The van der Waals surface area contributed by atoms with Crippen LogP contribution in [0.1, 0.15) is 6.42 Å². The van der Waals surface area contributed by atoms with Crippen LogP contribution in [0.3, 0.4) is 0 Å². The van der Waals surface area contributed by atoms with Crippen LogP contribution < -0.4 is 0 Å². The highest BCUT2D eigenvalue weighted by molar-refractivity contribution is 5.69. The minimum Gasteiger partial charge on any atom is -0.499 e. The van der Waals surface area contributed by atoms with E-state index in [4.69, 9.17) is 37.9 Å². The van der Waals surface area contributed by atoms with Gasteiger partial charge in [0.2, 0.25) is 0 Å². The van der Waals surface area contributed by atoms with Crippen LogP contribution in [-0.4, -0.2) is 112 Å². The first kappa shape index (κ1) is 28.7. The molecule has 0 spiro atoms. The highest BCUT2D eigenvalue weighted by atomic mass is 16.6. The molecule has 0 radical (unpaired) electrons. The van der Waals surface area contributed by atoms with Crippen molar-refractivity contribution in [2.24, 2.45) is 0 Å². The quantitative estimate of drug-likeness (QED) is 0.116. The number of hydrogen-bond donors (Lipinski definition) is 0. The largest absolute Gasteiger partial charge is 0.499 e. The molecule has 0 saturated carbocycles. The van der Waals surface area contributed by atoms with E-state index in [1.165, 1.54) is 13.4 Å². The van der Waals surface area contributed by atoms with E-state index < -0.39 is 0 Å². The summed E-state index contributed by atoms with van der Waals surface area (Å²) in [6.45, 7) is 10.8. The molecule has 0 unspecified atom stereocenters. The summed E-state index contributed by atoms with van der Waals surface area (Å²) < 4.78 is 46.8. The molecule has 0 atom stereocenters. The summed E-state index contributed by atoms with van der Waals surface area (Å²) >= 11 is 0. The minimum atomic E-state index is -0.282. The van der Waals surface area contributed by atoms with Crippen LogP contribution in [0, 0.1) is 0 Å². The molecule has 0 heterocycles. The van der Waals surface area contributed by atoms with E-state index in [2.05, 4.69) is 11.3 Å². The van der Waals surface area contributed by atoms with Crippen molar-refractivity contribution in [1.82, 2.24) is 0 Å². The highest BCUT2D eigenvalue weighted by Crippen LogP contribution is 1.88. The molecule has 0 aliphatic rings. The van der Waals surface area contributed by atoms with Gasteiger partial charge in [0.1, 0.15) is 6.61 Å². The molecule has 0 N–H and O–H groups in total. The van der Waals surface area contributed by atoms with Gasteiger partial charge in [-0.25, -0.2) is 0 Å². The highest BCUT2D eigenvalue weighted by Gasteiger charge is 1.99. The van der Waals surface area contributed by atoms with E-state index >= 15 is 0 Å². The molecule has 0 aromatic carbocycles. The predicted molar refractivity (Wildman–Crippen MR) is 109 cm³/mol. The second kappa shape index (κ2) is 25.8. The van der Waals surface area contributed by atoms with Gasteiger partial charge >= 0.3 is 5.97 Å². The molecule has 0 rings (SSSR count). The first-order valence-electron chi connectivity index (χ1n) is 10.1. The Hall–Kier alpha value is -1.27. The lowest BCUT2D eigenvalue weighted by molar-refractivity contribution is -0.141. The van der Waals surface area contributed by atoms with Gasteiger partial charge in [0.05, 0.1) is 112 Å². The number of ether oxygens (including phenoxy) is 9. The van der Waals surface area contributed by atoms with E-state index in [0.29, 0.717) is 99.1 Å². The Labute approximate surface area is 179 Å². The van der Waals surface area contributed by atoms with Gasteiger partial charge in [0.25, 0.3) is 0 Å². The average Bonchev–Trinajstić information content (AvgIpc) is 2.76. The van der Waals surface area contributed by atoms with Gasteiger partial charge in [0, 0.05) is 0 Å². The Bertz CT molecular complexity index is 367. The summed E-state index contributed by atoms with van der Waals surface area (Å²) in [7, 11) is 1.35. The molecule has 0 aromatic rings. The maximum atomic E-state index is 10.9. The van der Waals surface area contributed by atoms with Gasteiger partial charge in [-0.1, -0.05) is 6.58 Å². The first-order chi connectivity index (χ1) is 14.8. The first-order valence-corrected chi connectivity index (χ1v) is 10.1. The fourth-order valence-corrected chi connectivity index (χ4v) is 1.87. The molecule has 0 amide bonds. The molecule has 10 nitrogen and oxygen atoms in total. The number of carbonyl (C=O) groups excluding carboxylic acids is 1. The topological polar surface area (TPSA) is 100 Å². The van der Waals surface area contributed by atoms with E-state index in [-0.39, 0.29) is 12.4 Å². The van der Waals surface area contributed by atoms with E-state index in [9.17, 15) is 4.79 Å². The summed E-state index contributed by atoms with van der Waals surface area (Å²) in [5.41, 5.74) is 0. The zero-order valence-electron chi connectivity index (χ0n) is 18.2. The molecular formula is C20H38O10. The van der Waals surface area contributed by atoms with Crippen molar-refractivity contribution in [1.29, 1.82) is 0 Å². The summed E-state index contributed by atoms with van der Waals surface area (Å²) in [6.07, 6.45) is 1.64. The maximum absolute atomic E-state index is 10.9. The van der Waals surface area contributed by atoms with Crippen molar-refractivity contribution in [2.45, 2.75) is 6.42 Å². The van der Waals surface area contributed by atoms with Crippen LogP contribution in [-0.2, 0) is 47.4 Å². The molecule has 178 valence electrons. The zero-order chi connectivity index (χ0) is 22.0. The summed E-state index contributed by atoms with van der Waals surface area (Å²) in [5, 5.41) is 0. The molecule has 0 fully saturated rings. The fraction of sp³-hybridized carbons (Fsp3) is 0.850. The van der Waals surface area contributed by atoms with Crippen LogP contribution >= 0.6 is 0 Å². The lowest BCUT2D eigenvalue weighted by Crippen LogP contribution is -2.15. The second-order valence-electron chi connectivity index (χ2n) is 5.65. The van der Waals surface area contributed by atoms with Crippen molar-refractivity contribution in [2.75, 3.05) is 106 Å². The molecule has 30 heavy (non-hydrogen) atoms. The third kappa shape index (κ3) is 24.8. The van der Waals surface area contributed by atoms with Gasteiger partial charge in [-0.3, -0.25) is 4.79 Å². The fourth-order valence-electron chi connectivity index (χ4n) is 1.87. The maximum Gasteiger partial charge on any atom is 0.307 e. The minimum absolute atomic E-state index is 0.251. The van der Waals surface area contributed by atoms with Crippen molar-refractivity contribution in [3.05, 3.63) is 12.8 Å². The van der Waals surface area contributed by atoms with Crippen LogP contribution in [0.2, 0.25) is 0 Å². The predicted octanol–water partition coefficient (Wildman–Crippen LogP) is 0.826. The molecule has 0 aromatic heterocycles. The van der Waals surface area contributed by atoms with Gasteiger partial charge in [-0.05, 0) is 0 Å². The third-order valence-corrected chi connectivity index (χ3v) is 3.37. The monoisotopic (exact) mass is 438 g/mol. The van der Waals surface area contributed by atoms with E-state index in [0.717, 1.165) is 0 Å². The number of carbonyl (C=O) groups is 1. The summed E-state index contributed by atoms with van der Waals surface area (Å²) in [5.74, 6) is -0.282. The van der Waals surface area contributed by atoms with Crippen LogP contribution in [0.25, 0.3) is 0 Å². The average molecular weight is 439 g/mol. The van der Waals surface area contributed by atoms with Crippen molar-refractivity contribution in [3.8, 4) is 0 Å². The number of rotatable bonds is 25. The third-order valence-electron chi connectivity index (χ3n) is 3.37. The summed E-state index contributed by atoms with van der Waals surface area (Å²) in [6, 6.07) is 0. The van der Waals surface area contributed by atoms with Crippen molar-refractivity contribution in [3.63, 3.8) is 0 Å². The Balaban J connectivity index is 3.02. The van der Waals surface area contributed by atoms with E-state index in [1.54, 1.807) is 0 Å². The summed E-state index contributed by atoms with van der Waals surface area (Å²) in [4.78, 5) is 10.9. The van der Waals surface area contributed by atoms with Gasteiger partial charge in [0.15, 0.2) is 0 Å². The lowest BCUT2D eigenvalue weighted by atomic mass is 10.5. The molecule has 0 aliphatic carbocycles. The molecular weight excluding hydrogens is 400 g/mol. The Morgan fingerprint density at radius 1 is 0.567 bits per heavy atom. The number of methoxy groups -OCH3 is 1. The Morgan fingerprint density at radius 3 is 1.17 bits per heavy atom. The second-order valence-corrected chi connectivity index (χ2v) is 5.65. The molecule has 0 aliphatic heterocycles. The van der Waals surface area contributed by atoms with Crippen LogP contribution in [0.5, 0.6) is 0 Å². The number of esters is 1. The standard InChI is InChI=1S/C20H38O10/c1-3-23-6-7-25-10-11-27-14-15-29-18-19-30-17-16-28-13-12-26-9-8-24-5-4-20(21)22-2/h3H,1,4-19H2,2H3. The van der Waals surface area contributed by atoms with Crippen LogP contribution in [0.15, 0.2) is 12.8 Å². The van der Waals surface area contributed by atoms with E-state index in [1.807, 2.05) is 0 Å².